The molecule has 0 aromatic heterocycles. The standard InChI is InChI=1S/C10H19N.2C9H17N.C8H15N/c1-8-6-9-4-3-5-10(7-8)11(9)2;1-7-5-8-3-4-9(6-7)10(8)2;1-6-7-2-3-8(4-7)9(6)5-10;1-7-6-9-4-2-8(7)3-5-9/h8-10H,3-7H2,1-2H3;7-9H,3-6H2,1-2H3;6-9H,2-5,10H2,1H3;7-8H,2-6H2,1H3/t;;;7-/m...1/s1. The summed E-state index contributed by atoms with van der Waals surface area (Å²) < 4.78 is 0. The van der Waals surface area contributed by atoms with Crippen molar-refractivity contribution < 1.29 is 0 Å². The number of hydrogen-bond donors (Lipinski definition) is 1. The van der Waals surface area contributed by atoms with E-state index in [9.17, 15) is 0 Å². The molecule has 0 amide bonds. The quantitative estimate of drug-likeness (QED) is 0.373. The molecule has 7 aliphatic heterocycles. The Bertz CT molecular complexity index is 734. The fourth-order valence-corrected chi connectivity index (χ4v) is 10.9. The van der Waals surface area contributed by atoms with Crippen molar-refractivity contribution in [1.82, 2.24) is 14.7 Å². The Morgan fingerprint density at radius 2 is 1.07 bits per heavy atom. The van der Waals surface area contributed by atoms with Gasteiger partial charge >= 0.3 is 0 Å². The molecule has 0 aromatic rings. The molecule has 2 aliphatic carbocycles. The summed E-state index contributed by atoms with van der Waals surface area (Å²) in [4.78, 5) is 7.83. The average molecular weight is 557 g/mol. The van der Waals surface area contributed by atoms with Gasteiger partial charge in [-0.25, -0.2) is 0 Å². The monoisotopic (exact) mass is 557 g/mol. The summed E-state index contributed by atoms with van der Waals surface area (Å²) in [6.45, 7) is 14.7. The molecule has 9 atom stereocenters. The van der Waals surface area contributed by atoms with Gasteiger partial charge in [0, 0.05) is 30.7 Å². The van der Waals surface area contributed by atoms with Gasteiger partial charge in [0.1, 0.15) is 0 Å². The van der Waals surface area contributed by atoms with Gasteiger partial charge < -0.3 is 20.4 Å². The van der Waals surface area contributed by atoms with E-state index in [4.69, 9.17) is 5.73 Å². The van der Waals surface area contributed by atoms with E-state index in [1.807, 2.05) is 0 Å². The van der Waals surface area contributed by atoms with Crippen LogP contribution >= 0.6 is 0 Å². The Labute approximate surface area is 249 Å². The van der Waals surface area contributed by atoms with Crippen LogP contribution in [-0.2, 0) is 0 Å². The molecule has 9 fully saturated rings. The first-order valence-electron chi connectivity index (χ1n) is 18.1. The Kier molecular flexibility index (Phi) is 11.0. The van der Waals surface area contributed by atoms with E-state index in [0.29, 0.717) is 0 Å². The molecule has 4 heteroatoms. The fraction of sp³-hybridized carbons (Fsp3) is 1.00. The van der Waals surface area contributed by atoms with Gasteiger partial charge in [-0.15, -0.1) is 0 Å². The summed E-state index contributed by atoms with van der Waals surface area (Å²) in [6, 6.07) is 3.73. The molecule has 8 unspecified atom stereocenters. The first kappa shape index (κ1) is 31.3. The number of rotatable bonds is 1. The highest BCUT2D eigenvalue weighted by atomic mass is 15.2. The lowest BCUT2D eigenvalue weighted by atomic mass is 9.80. The topological polar surface area (TPSA) is 35.7 Å². The van der Waals surface area contributed by atoms with Crippen LogP contribution < -0.4 is 5.73 Å². The third kappa shape index (κ3) is 7.31. The smallest absolute Gasteiger partial charge is 0.00982 e. The van der Waals surface area contributed by atoms with Crippen LogP contribution in [0.15, 0.2) is 0 Å². The molecule has 0 radical (unpaired) electrons. The largest absolute Gasteiger partial charge is 0.330 e. The van der Waals surface area contributed by atoms with Crippen molar-refractivity contribution in [2.24, 2.45) is 53.1 Å². The molecule has 2 N–H and O–H groups in total. The lowest BCUT2D eigenvalue weighted by molar-refractivity contribution is 0.0415. The highest BCUT2D eigenvalue weighted by Gasteiger charge is 2.44. The molecule has 9 aliphatic rings. The molecule has 2 saturated carbocycles. The van der Waals surface area contributed by atoms with Gasteiger partial charge in [-0.3, -0.25) is 0 Å². The van der Waals surface area contributed by atoms with Gasteiger partial charge in [0.05, 0.1) is 0 Å². The molecular weight excluding hydrogens is 488 g/mol. The summed E-state index contributed by atoms with van der Waals surface area (Å²) in [5, 5.41) is 0. The molecule has 0 spiro atoms. The van der Waals surface area contributed by atoms with E-state index in [1.54, 1.807) is 0 Å². The summed E-state index contributed by atoms with van der Waals surface area (Å²) >= 11 is 0. The highest BCUT2D eigenvalue weighted by Crippen LogP contribution is 2.51. The van der Waals surface area contributed by atoms with Crippen LogP contribution in [0.4, 0.5) is 0 Å². The molecular formula is C36H68N4. The van der Waals surface area contributed by atoms with E-state index in [-0.39, 0.29) is 0 Å². The molecule has 9 rings (SSSR count). The van der Waals surface area contributed by atoms with Crippen molar-refractivity contribution in [3.63, 3.8) is 0 Å². The minimum Gasteiger partial charge on any atom is -0.330 e. The normalized spacial score (nSPS) is 48.8. The Hall–Kier alpha value is -0.160. The van der Waals surface area contributed by atoms with Crippen LogP contribution in [0.3, 0.4) is 0 Å². The number of nitrogens with two attached hydrogens (primary N) is 1. The van der Waals surface area contributed by atoms with Crippen molar-refractivity contribution in [2.45, 2.75) is 142 Å². The number of fused-ring (bicyclic) bond motifs is 9. The third-order valence-electron chi connectivity index (χ3n) is 13.7. The molecule has 232 valence electrons. The maximum atomic E-state index is 5.71. The van der Waals surface area contributed by atoms with Crippen LogP contribution in [0.1, 0.15) is 118 Å². The average Bonchev–Trinajstić information content (AvgIpc) is 3.58. The third-order valence-corrected chi connectivity index (χ3v) is 13.7. The van der Waals surface area contributed by atoms with Gasteiger partial charge in [-0.05, 0) is 165 Å². The van der Waals surface area contributed by atoms with Crippen LogP contribution in [0.5, 0.6) is 0 Å². The second kappa shape index (κ2) is 14.1. The van der Waals surface area contributed by atoms with Crippen LogP contribution in [0.25, 0.3) is 0 Å². The Morgan fingerprint density at radius 3 is 1.43 bits per heavy atom. The van der Waals surface area contributed by atoms with Gasteiger partial charge in [0.2, 0.25) is 0 Å². The predicted molar refractivity (Wildman–Crippen MR) is 171 cm³/mol. The maximum absolute atomic E-state index is 5.71. The van der Waals surface area contributed by atoms with Crippen LogP contribution in [0, 0.1) is 47.3 Å². The maximum Gasteiger partial charge on any atom is 0.00982 e. The van der Waals surface area contributed by atoms with Gasteiger partial charge in [0.25, 0.3) is 0 Å². The van der Waals surface area contributed by atoms with Crippen molar-refractivity contribution in [2.75, 3.05) is 40.3 Å². The fourth-order valence-electron chi connectivity index (χ4n) is 10.9. The number of hydrogen-bond acceptors (Lipinski definition) is 4. The van der Waals surface area contributed by atoms with Crippen molar-refractivity contribution in [1.29, 1.82) is 0 Å². The highest BCUT2D eigenvalue weighted by molar-refractivity contribution is 4.95. The van der Waals surface area contributed by atoms with Gasteiger partial charge in [0.15, 0.2) is 0 Å². The van der Waals surface area contributed by atoms with Gasteiger partial charge in [-0.2, -0.15) is 0 Å². The molecule has 7 saturated heterocycles. The second-order valence-electron chi connectivity index (χ2n) is 16.3. The van der Waals surface area contributed by atoms with E-state index in [2.05, 4.69) is 56.5 Å². The summed E-state index contributed by atoms with van der Waals surface area (Å²) in [7, 11) is 4.62. The van der Waals surface area contributed by atoms with Crippen LogP contribution in [0.2, 0.25) is 0 Å². The Morgan fingerprint density at radius 1 is 0.575 bits per heavy atom. The van der Waals surface area contributed by atoms with E-state index in [1.165, 1.54) is 110 Å². The second-order valence-corrected chi connectivity index (χ2v) is 16.3. The summed E-state index contributed by atoms with van der Waals surface area (Å²) in [5.41, 5.74) is 5.71. The van der Waals surface area contributed by atoms with Crippen molar-refractivity contribution >= 4 is 0 Å². The Balaban J connectivity index is 0.000000108. The van der Waals surface area contributed by atoms with E-state index < -0.39 is 0 Å². The minimum absolute atomic E-state index is 0.874. The zero-order valence-corrected chi connectivity index (χ0v) is 27.6. The predicted octanol–water partition coefficient (Wildman–Crippen LogP) is 7.12. The zero-order chi connectivity index (χ0) is 28.4. The van der Waals surface area contributed by atoms with E-state index in [0.717, 1.165) is 78.1 Å². The SMILES string of the molecule is CC1C2CCC(C2)C1CN.CC1CC2CCC(C1)N2C.CC1CC2CCCC(C1)N2C.C[C@@H]1CN2CCC1CC2. The molecule has 7 heterocycles. The van der Waals surface area contributed by atoms with E-state index >= 15 is 0 Å². The summed E-state index contributed by atoms with van der Waals surface area (Å²) in [5.74, 6) is 7.91. The number of piperidine rings is 6. The number of nitrogens with zero attached hydrogens (tertiary/aromatic N) is 3. The molecule has 0 aromatic carbocycles. The molecule has 8 bridgehead atoms. The van der Waals surface area contributed by atoms with Crippen LogP contribution in [-0.4, -0.2) is 79.1 Å². The minimum atomic E-state index is 0.874. The summed E-state index contributed by atoms with van der Waals surface area (Å²) in [6.07, 6.45) is 20.5. The van der Waals surface area contributed by atoms with Crippen molar-refractivity contribution in [3.8, 4) is 0 Å². The molecule has 40 heavy (non-hydrogen) atoms. The first-order chi connectivity index (χ1) is 19.2. The van der Waals surface area contributed by atoms with Gasteiger partial charge in [-0.1, -0.05) is 34.1 Å². The first-order valence-corrected chi connectivity index (χ1v) is 18.1. The molecule has 4 nitrogen and oxygen atoms in total. The zero-order valence-electron chi connectivity index (χ0n) is 27.6. The lowest BCUT2D eigenvalue weighted by Crippen LogP contribution is -2.49. The lowest BCUT2D eigenvalue weighted by Gasteiger charge is -2.46. The van der Waals surface area contributed by atoms with Crippen molar-refractivity contribution in [3.05, 3.63) is 0 Å².